The molecule has 0 spiro atoms. The van der Waals surface area contributed by atoms with Gasteiger partial charge in [0.05, 0.1) is 12.8 Å². The molecule has 142 valence electrons. The number of rotatable bonds is 7. The second-order valence-corrected chi connectivity index (χ2v) is 7.48. The molecule has 5 nitrogen and oxygen atoms in total. The van der Waals surface area contributed by atoms with Gasteiger partial charge in [0.2, 0.25) is 0 Å². The van der Waals surface area contributed by atoms with Crippen LogP contribution in [0.5, 0.6) is 5.75 Å². The standard InChI is InChI=1S/C21H29NO4/c1-3-17-11-15(19(14-22-17)25-4-2)9-10-21(16-7-5-6-8-16)13-18(23)12-20(24)26-21/h11,14,16H,3-10,12-13H2,1-2H3. The molecule has 2 aliphatic rings. The Labute approximate surface area is 155 Å². The summed E-state index contributed by atoms with van der Waals surface area (Å²) in [4.78, 5) is 28.7. The third-order valence-electron chi connectivity index (χ3n) is 5.74. The summed E-state index contributed by atoms with van der Waals surface area (Å²) in [7, 11) is 0. The summed E-state index contributed by atoms with van der Waals surface area (Å²) < 4.78 is 11.6. The number of aromatic nitrogens is 1. The lowest BCUT2D eigenvalue weighted by Crippen LogP contribution is -2.48. The molecule has 3 rings (SSSR count). The Morgan fingerprint density at radius 3 is 2.69 bits per heavy atom. The molecule has 1 unspecified atom stereocenters. The van der Waals surface area contributed by atoms with Gasteiger partial charge in [0.15, 0.2) is 0 Å². The molecule has 0 radical (unpaired) electrons. The minimum absolute atomic E-state index is 0.0159. The number of hydrogen-bond donors (Lipinski definition) is 0. The first-order valence-electron chi connectivity index (χ1n) is 9.90. The fourth-order valence-electron chi connectivity index (χ4n) is 4.43. The molecule has 1 saturated carbocycles. The average molecular weight is 359 g/mol. The highest BCUT2D eigenvalue weighted by atomic mass is 16.6. The Hall–Kier alpha value is -1.91. The van der Waals surface area contributed by atoms with Gasteiger partial charge in [0, 0.05) is 12.1 Å². The first kappa shape index (κ1) is 18.9. The number of aryl methyl sites for hydroxylation is 2. The molecule has 1 aliphatic heterocycles. The molecule has 1 aromatic rings. The molecule has 2 heterocycles. The van der Waals surface area contributed by atoms with Crippen LogP contribution in [0.2, 0.25) is 0 Å². The smallest absolute Gasteiger partial charge is 0.313 e. The minimum Gasteiger partial charge on any atom is -0.492 e. The van der Waals surface area contributed by atoms with Crippen molar-refractivity contribution < 1.29 is 19.1 Å². The van der Waals surface area contributed by atoms with Gasteiger partial charge in [-0.3, -0.25) is 14.6 Å². The summed E-state index contributed by atoms with van der Waals surface area (Å²) in [5, 5.41) is 0. The zero-order valence-electron chi connectivity index (χ0n) is 15.9. The van der Waals surface area contributed by atoms with Crippen molar-refractivity contribution in [2.75, 3.05) is 6.61 Å². The summed E-state index contributed by atoms with van der Waals surface area (Å²) >= 11 is 0. The van der Waals surface area contributed by atoms with Crippen LogP contribution < -0.4 is 4.74 Å². The van der Waals surface area contributed by atoms with E-state index in [2.05, 4.69) is 18.0 Å². The second kappa shape index (κ2) is 8.19. The molecular formula is C21H29NO4. The van der Waals surface area contributed by atoms with E-state index in [0.29, 0.717) is 25.4 Å². The number of ketones is 1. The van der Waals surface area contributed by atoms with Crippen LogP contribution in [0, 0.1) is 5.92 Å². The quantitative estimate of drug-likeness (QED) is 0.547. The van der Waals surface area contributed by atoms with Crippen LogP contribution >= 0.6 is 0 Å². The van der Waals surface area contributed by atoms with E-state index in [4.69, 9.17) is 9.47 Å². The van der Waals surface area contributed by atoms with Crippen molar-refractivity contribution in [3.05, 3.63) is 23.5 Å². The molecule has 1 aliphatic carbocycles. The Balaban J connectivity index is 1.84. The SMILES string of the molecule is CCOc1cnc(CC)cc1CCC1(C2CCCC2)CC(=O)CC(=O)O1. The van der Waals surface area contributed by atoms with E-state index in [9.17, 15) is 9.59 Å². The number of esters is 1. The Kier molecular flexibility index (Phi) is 5.94. The molecule has 0 bridgehead atoms. The predicted octanol–water partition coefficient (Wildman–Crippen LogP) is 3.81. The van der Waals surface area contributed by atoms with Gasteiger partial charge in [-0.15, -0.1) is 0 Å². The van der Waals surface area contributed by atoms with E-state index in [1.807, 2.05) is 6.92 Å². The predicted molar refractivity (Wildman–Crippen MR) is 98.1 cm³/mol. The number of ether oxygens (including phenoxy) is 2. The highest BCUT2D eigenvalue weighted by Crippen LogP contribution is 2.44. The van der Waals surface area contributed by atoms with Crippen molar-refractivity contribution in [3.8, 4) is 5.75 Å². The van der Waals surface area contributed by atoms with Gasteiger partial charge >= 0.3 is 5.97 Å². The van der Waals surface area contributed by atoms with Gasteiger partial charge in [0.25, 0.3) is 0 Å². The van der Waals surface area contributed by atoms with E-state index in [1.165, 1.54) is 0 Å². The van der Waals surface area contributed by atoms with Crippen molar-refractivity contribution >= 4 is 11.8 Å². The topological polar surface area (TPSA) is 65.5 Å². The fraction of sp³-hybridized carbons (Fsp3) is 0.667. The summed E-state index contributed by atoms with van der Waals surface area (Å²) in [5.41, 5.74) is 1.47. The number of nitrogens with zero attached hydrogens (tertiary/aromatic N) is 1. The number of carbonyl (C=O) groups excluding carboxylic acids is 2. The maximum Gasteiger partial charge on any atom is 0.313 e. The maximum atomic E-state index is 12.2. The van der Waals surface area contributed by atoms with Gasteiger partial charge in [-0.25, -0.2) is 0 Å². The average Bonchev–Trinajstić information content (AvgIpc) is 3.15. The van der Waals surface area contributed by atoms with Gasteiger partial charge in [-0.05, 0) is 56.6 Å². The number of pyridine rings is 1. The fourth-order valence-corrected chi connectivity index (χ4v) is 4.43. The van der Waals surface area contributed by atoms with Crippen LogP contribution in [0.25, 0.3) is 0 Å². The molecule has 2 fully saturated rings. The molecule has 0 N–H and O–H groups in total. The summed E-state index contributed by atoms with van der Waals surface area (Å²) in [5.74, 6) is 0.739. The summed E-state index contributed by atoms with van der Waals surface area (Å²) in [6.07, 6.45) is 8.70. The number of cyclic esters (lactones) is 1. The molecule has 1 atom stereocenters. The van der Waals surface area contributed by atoms with Crippen LogP contribution in [-0.2, 0) is 27.2 Å². The number of hydrogen-bond acceptors (Lipinski definition) is 5. The first-order chi connectivity index (χ1) is 12.6. The van der Waals surface area contributed by atoms with E-state index < -0.39 is 5.60 Å². The van der Waals surface area contributed by atoms with Crippen LogP contribution in [0.15, 0.2) is 12.3 Å². The van der Waals surface area contributed by atoms with Crippen LogP contribution in [-0.4, -0.2) is 28.9 Å². The van der Waals surface area contributed by atoms with Gasteiger partial charge in [0.1, 0.15) is 23.6 Å². The van der Waals surface area contributed by atoms with Crippen molar-refractivity contribution in [2.45, 2.75) is 77.2 Å². The van der Waals surface area contributed by atoms with Crippen molar-refractivity contribution in [3.63, 3.8) is 0 Å². The zero-order valence-corrected chi connectivity index (χ0v) is 15.9. The molecular weight excluding hydrogens is 330 g/mol. The van der Waals surface area contributed by atoms with E-state index in [0.717, 1.165) is 55.5 Å². The normalized spacial score (nSPS) is 23.9. The van der Waals surface area contributed by atoms with Crippen LogP contribution in [0.3, 0.4) is 0 Å². The van der Waals surface area contributed by atoms with Crippen molar-refractivity contribution in [1.82, 2.24) is 4.98 Å². The molecule has 1 aromatic heterocycles. The lowest BCUT2D eigenvalue weighted by molar-refractivity contribution is -0.178. The van der Waals surface area contributed by atoms with E-state index in [1.54, 1.807) is 6.20 Å². The lowest BCUT2D eigenvalue weighted by Gasteiger charge is -2.41. The third-order valence-corrected chi connectivity index (χ3v) is 5.74. The summed E-state index contributed by atoms with van der Waals surface area (Å²) in [6, 6.07) is 2.08. The zero-order chi connectivity index (χ0) is 18.6. The van der Waals surface area contributed by atoms with Gasteiger partial charge in [-0.2, -0.15) is 0 Å². The minimum atomic E-state index is -0.637. The van der Waals surface area contributed by atoms with Crippen molar-refractivity contribution in [1.29, 1.82) is 0 Å². The first-order valence-corrected chi connectivity index (χ1v) is 9.90. The monoisotopic (exact) mass is 359 g/mol. The largest absolute Gasteiger partial charge is 0.492 e. The van der Waals surface area contributed by atoms with E-state index >= 15 is 0 Å². The highest BCUT2D eigenvalue weighted by Gasteiger charge is 2.47. The number of Topliss-reactive ketones (excluding diaryl/α,β-unsaturated/α-hetero) is 1. The molecule has 1 saturated heterocycles. The third kappa shape index (κ3) is 4.08. The molecule has 26 heavy (non-hydrogen) atoms. The molecule has 5 heteroatoms. The van der Waals surface area contributed by atoms with Gasteiger partial charge < -0.3 is 9.47 Å². The lowest BCUT2D eigenvalue weighted by atomic mass is 9.76. The van der Waals surface area contributed by atoms with E-state index in [-0.39, 0.29) is 18.2 Å². The van der Waals surface area contributed by atoms with Crippen LogP contribution in [0.1, 0.15) is 70.1 Å². The Morgan fingerprint density at radius 1 is 1.27 bits per heavy atom. The highest BCUT2D eigenvalue weighted by molar-refractivity contribution is 5.98. The summed E-state index contributed by atoms with van der Waals surface area (Å²) in [6.45, 7) is 4.62. The number of carbonyl (C=O) groups is 2. The Morgan fingerprint density at radius 2 is 2.04 bits per heavy atom. The molecule has 0 aromatic carbocycles. The Bertz CT molecular complexity index is 648. The molecule has 0 amide bonds. The van der Waals surface area contributed by atoms with Crippen LogP contribution in [0.4, 0.5) is 0 Å². The second-order valence-electron chi connectivity index (χ2n) is 7.48. The van der Waals surface area contributed by atoms with Gasteiger partial charge in [-0.1, -0.05) is 19.8 Å². The maximum absolute atomic E-state index is 12.2. The van der Waals surface area contributed by atoms with Crippen molar-refractivity contribution in [2.24, 2.45) is 5.92 Å².